The first-order chi connectivity index (χ1) is 10.2. The molecule has 1 aromatic carbocycles. The van der Waals surface area contributed by atoms with Gasteiger partial charge >= 0.3 is 0 Å². The van der Waals surface area contributed by atoms with E-state index in [1.807, 2.05) is 29.2 Å². The van der Waals surface area contributed by atoms with E-state index in [9.17, 15) is 4.79 Å². The molecule has 1 saturated carbocycles. The molecular weight excluding hydrogens is 266 g/mol. The van der Waals surface area contributed by atoms with Crippen LogP contribution in [0.1, 0.15) is 25.7 Å². The number of nitrogens with one attached hydrogen (secondary N) is 1. The summed E-state index contributed by atoms with van der Waals surface area (Å²) in [6, 6.07) is 8.20. The summed E-state index contributed by atoms with van der Waals surface area (Å²) in [5.41, 5.74) is 7.85. The van der Waals surface area contributed by atoms with Gasteiger partial charge in [-0.2, -0.15) is 0 Å². The Morgan fingerprint density at radius 1 is 1.29 bits per heavy atom. The monoisotopic (exact) mass is 289 g/mol. The molecule has 1 aromatic rings. The van der Waals surface area contributed by atoms with Crippen LogP contribution in [0.5, 0.6) is 0 Å². The third kappa shape index (κ3) is 3.36. The average molecular weight is 289 g/mol. The van der Waals surface area contributed by atoms with Crippen molar-refractivity contribution in [2.75, 3.05) is 29.9 Å². The summed E-state index contributed by atoms with van der Waals surface area (Å²) >= 11 is 0. The molecule has 0 bridgehead atoms. The highest BCUT2D eigenvalue weighted by Gasteiger charge is 2.24. The van der Waals surface area contributed by atoms with E-state index in [4.69, 9.17) is 10.5 Å². The minimum atomic E-state index is 0.0406. The third-order valence-electron chi connectivity index (χ3n) is 4.31. The summed E-state index contributed by atoms with van der Waals surface area (Å²) in [5, 5.41) is 3.31. The van der Waals surface area contributed by atoms with Crippen molar-refractivity contribution in [1.82, 2.24) is 0 Å². The highest BCUT2D eigenvalue weighted by atomic mass is 16.5. The number of nitrogens with zero attached hydrogens (tertiary/aromatic N) is 1. The molecule has 0 atom stereocenters. The van der Waals surface area contributed by atoms with Crippen LogP contribution in [0, 0.1) is 0 Å². The Balaban J connectivity index is 1.57. The summed E-state index contributed by atoms with van der Waals surface area (Å²) in [4.78, 5) is 14.2. The Morgan fingerprint density at radius 2 is 2.05 bits per heavy atom. The molecule has 2 aliphatic rings. The lowest BCUT2D eigenvalue weighted by Crippen LogP contribution is -2.42. The first-order valence-electron chi connectivity index (χ1n) is 7.74. The van der Waals surface area contributed by atoms with Crippen molar-refractivity contribution in [1.29, 1.82) is 0 Å². The van der Waals surface area contributed by atoms with Crippen LogP contribution in [0.25, 0.3) is 0 Å². The van der Waals surface area contributed by atoms with Crippen LogP contribution in [-0.2, 0) is 9.53 Å². The Bertz CT molecular complexity index is 498. The van der Waals surface area contributed by atoms with Crippen LogP contribution >= 0.6 is 0 Å². The number of nitrogens with two attached hydrogens (primary N) is 1. The Morgan fingerprint density at radius 3 is 2.86 bits per heavy atom. The first kappa shape index (κ1) is 14.4. The van der Waals surface area contributed by atoms with Crippen molar-refractivity contribution < 1.29 is 9.53 Å². The fourth-order valence-electron chi connectivity index (χ4n) is 3.06. The van der Waals surface area contributed by atoms with Gasteiger partial charge in [0, 0.05) is 19.1 Å². The number of ether oxygens (including phenoxy) is 1. The van der Waals surface area contributed by atoms with Crippen molar-refractivity contribution in [3.63, 3.8) is 0 Å². The second kappa shape index (κ2) is 6.45. The van der Waals surface area contributed by atoms with Gasteiger partial charge in [-0.25, -0.2) is 0 Å². The van der Waals surface area contributed by atoms with Crippen molar-refractivity contribution in [2.24, 2.45) is 5.73 Å². The van der Waals surface area contributed by atoms with E-state index in [-0.39, 0.29) is 18.6 Å². The first-order valence-corrected chi connectivity index (χ1v) is 7.74. The van der Waals surface area contributed by atoms with Gasteiger partial charge in [-0.3, -0.25) is 4.79 Å². The Kier molecular flexibility index (Phi) is 4.41. The second-order valence-electron chi connectivity index (χ2n) is 5.84. The fourth-order valence-corrected chi connectivity index (χ4v) is 3.06. The highest BCUT2D eigenvalue weighted by molar-refractivity contribution is 5.98. The number of anilines is 2. The van der Waals surface area contributed by atoms with Crippen LogP contribution < -0.4 is 16.0 Å². The maximum atomic E-state index is 12.4. The molecule has 3 rings (SSSR count). The van der Waals surface area contributed by atoms with E-state index < -0.39 is 0 Å². The lowest BCUT2D eigenvalue weighted by molar-refractivity contribution is -0.125. The third-order valence-corrected chi connectivity index (χ3v) is 4.31. The minimum absolute atomic E-state index is 0.0406. The van der Waals surface area contributed by atoms with E-state index >= 15 is 0 Å². The van der Waals surface area contributed by atoms with Crippen LogP contribution in [-0.4, -0.2) is 37.7 Å². The molecule has 3 N–H and O–H groups in total. The molecule has 0 unspecified atom stereocenters. The molecule has 1 aliphatic heterocycles. The smallest absolute Gasteiger partial charge is 0.253 e. The zero-order valence-electron chi connectivity index (χ0n) is 12.3. The SMILES string of the molecule is NC1CCC(OCC(=O)N2CCNc3ccccc32)CC1. The molecule has 114 valence electrons. The van der Waals surface area contributed by atoms with Gasteiger partial charge in [0.2, 0.25) is 0 Å². The molecule has 1 fully saturated rings. The van der Waals surface area contributed by atoms with E-state index in [0.29, 0.717) is 12.6 Å². The summed E-state index contributed by atoms with van der Waals surface area (Å²) in [5.74, 6) is 0.0406. The number of amides is 1. The number of carbonyl (C=O) groups is 1. The van der Waals surface area contributed by atoms with Gasteiger partial charge in [0.1, 0.15) is 6.61 Å². The van der Waals surface area contributed by atoms with Gasteiger partial charge in [0.15, 0.2) is 0 Å². The standard InChI is InChI=1S/C16H23N3O2/c17-12-5-7-13(8-6-12)21-11-16(20)19-10-9-18-14-3-1-2-4-15(14)19/h1-4,12-13,18H,5-11,17H2. The van der Waals surface area contributed by atoms with E-state index in [1.165, 1.54) is 0 Å². The summed E-state index contributed by atoms with van der Waals surface area (Å²) < 4.78 is 5.79. The lowest BCUT2D eigenvalue weighted by atomic mass is 9.94. The molecule has 21 heavy (non-hydrogen) atoms. The molecule has 1 aliphatic carbocycles. The second-order valence-corrected chi connectivity index (χ2v) is 5.84. The van der Waals surface area contributed by atoms with E-state index in [2.05, 4.69) is 5.32 Å². The minimum Gasteiger partial charge on any atom is -0.382 e. The van der Waals surface area contributed by atoms with Crippen molar-refractivity contribution in [3.05, 3.63) is 24.3 Å². The zero-order valence-corrected chi connectivity index (χ0v) is 12.3. The molecule has 5 nitrogen and oxygen atoms in total. The normalized spacial score (nSPS) is 25.1. The average Bonchev–Trinajstić information content (AvgIpc) is 2.53. The number of para-hydroxylation sites is 2. The van der Waals surface area contributed by atoms with Gasteiger partial charge in [-0.05, 0) is 37.8 Å². The number of hydrogen-bond acceptors (Lipinski definition) is 4. The molecule has 1 amide bonds. The Hall–Kier alpha value is -1.59. The van der Waals surface area contributed by atoms with Crippen LogP contribution in [0.15, 0.2) is 24.3 Å². The number of fused-ring (bicyclic) bond motifs is 1. The van der Waals surface area contributed by atoms with Gasteiger partial charge in [-0.15, -0.1) is 0 Å². The molecule has 1 heterocycles. The quantitative estimate of drug-likeness (QED) is 0.889. The summed E-state index contributed by atoms with van der Waals surface area (Å²) in [6.07, 6.45) is 4.11. The number of carbonyl (C=O) groups excluding carboxylic acids is 1. The fraction of sp³-hybridized carbons (Fsp3) is 0.562. The topological polar surface area (TPSA) is 67.6 Å². The Labute approximate surface area is 125 Å². The molecule has 0 spiro atoms. The largest absolute Gasteiger partial charge is 0.382 e. The van der Waals surface area contributed by atoms with E-state index in [0.717, 1.165) is 43.6 Å². The predicted molar refractivity (Wildman–Crippen MR) is 83.5 cm³/mol. The molecule has 0 aromatic heterocycles. The molecular formula is C16H23N3O2. The van der Waals surface area contributed by atoms with Crippen LogP contribution in [0.4, 0.5) is 11.4 Å². The van der Waals surface area contributed by atoms with Crippen molar-refractivity contribution in [3.8, 4) is 0 Å². The predicted octanol–water partition coefficient (Wildman–Crippen LogP) is 1.73. The van der Waals surface area contributed by atoms with Crippen molar-refractivity contribution in [2.45, 2.75) is 37.8 Å². The highest BCUT2D eigenvalue weighted by Crippen LogP contribution is 2.28. The maximum Gasteiger partial charge on any atom is 0.253 e. The van der Waals surface area contributed by atoms with Gasteiger partial charge in [0.25, 0.3) is 5.91 Å². The summed E-state index contributed by atoms with van der Waals surface area (Å²) in [7, 11) is 0. The summed E-state index contributed by atoms with van der Waals surface area (Å²) in [6.45, 7) is 1.63. The van der Waals surface area contributed by atoms with Crippen LogP contribution in [0.2, 0.25) is 0 Å². The zero-order chi connectivity index (χ0) is 14.7. The molecule has 0 radical (unpaired) electrons. The van der Waals surface area contributed by atoms with Crippen LogP contribution in [0.3, 0.4) is 0 Å². The maximum absolute atomic E-state index is 12.4. The number of rotatable bonds is 3. The van der Waals surface area contributed by atoms with E-state index in [1.54, 1.807) is 0 Å². The lowest BCUT2D eigenvalue weighted by Gasteiger charge is -2.31. The van der Waals surface area contributed by atoms with Crippen molar-refractivity contribution >= 4 is 17.3 Å². The van der Waals surface area contributed by atoms with Gasteiger partial charge < -0.3 is 20.7 Å². The number of hydrogen-bond donors (Lipinski definition) is 2. The van der Waals surface area contributed by atoms with Gasteiger partial charge in [0.05, 0.1) is 17.5 Å². The van der Waals surface area contributed by atoms with Gasteiger partial charge in [-0.1, -0.05) is 12.1 Å². The number of benzene rings is 1. The molecule has 5 heteroatoms. The molecule has 0 saturated heterocycles.